The summed E-state index contributed by atoms with van der Waals surface area (Å²) in [5.74, 6) is -5.58. The summed E-state index contributed by atoms with van der Waals surface area (Å²) < 4.78 is 80.2. The molecule has 0 saturated carbocycles. The van der Waals surface area contributed by atoms with Crippen molar-refractivity contribution in [1.29, 1.82) is 0 Å². The molecule has 18 nitrogen and oxygen atoms in total. The molecule has 2 aliphatic rings. The maximum atomic E-state index is 11.3. The van der Waals surface area contributed by atoms with E-state index in [4.69, 9.17) is 9.11 Å². The zero-order valence-corrected chi connectivity index (χ0v) is 29.9. The van der Waals surface area contributed by atoms with E-state index in [1.54, 1.807) is 0 Å². The number of hydrogen-bond donors (Lipinski definition) is 2. The largest absolute Gasteiger partial charge is 0.871 e. The van der Waals surface area contributed by atoms with Crippen LogP contribution in [0.2, 0.25) is 0 Å². The number of ether oxygens (including phenoxy) is 4. The van der Waals surface area contributed by atoms with Gasteiger partial charge in [-0.2, -0.15) is 16.8 Å². The van der Waals surface area contributed by atoms with Gasteiger partial charge in [0, 0.05) is 57.0 Å². The van der Waals surface area contributed by atoms with E-state index in [-0.39, 0.29) is 64.8 Å². The van der Waals surface area contributed by atoms with Gasteiger partial charge in [0.2, 0.25) is 0 Å². The second-order valence-corrected chi connectivity index (χ2v) is 13.4. The summed E-state index contributed by atoms with van der Waals surface area (Å²) in [5, 5.41) is 43.9. The molecule has 0 unspecified atom stereocenters. The Balaban J connectivity index is 0.000000239. The molecule has 2 N–H and O–H groups in total. The summed E-state index contributed by atoms with van der Waals surface area (Å²) in [6.45, 7) is 5.98. The van der Waals surface area contributed by atoms with Crippen LogP contribution in [0.3, 0.4) is 0 Å². The van der Waals surface area contributed by atoms with E-state index < -0.39 is 55.6 Å². The molecule has 272 valence electrons. The van der Waals surface area contributed by atoms with Gasteiger partial charge >= 0.3 is 11.9 Å². The number of nitrogens with zero attached hydrogens (tertiary/aromatic N) is 2. The zero-order valence-electron chi connectivity index (χ0n) is 26.7. The van der Waals surface area contributed by atoms with Crippen LogP contribution in [0, 0.1) is 0 Å². The Morgan fingerprint density at radius 1 is 0.588 bits per heavy atom. The Bertz CT molecular complexity index is 2060. The minimum absolute atomic E-state index is 0. The molecule has 0 radical (unpaired) electrons. The number of carbonyl (C=O) groups is 2. The number of cyclic esters (lactones) is 2. The second kappa shape index (κ2) is 16.4. The standard InChI is InChI=1S/2C9H7NO4S.2C6H8O4.Ti/c2*11-7-3-4-8(15(12,13)14)6-2-1-5-10-9(6)7;2*1-6(2)9-4(7)3-5(8)10-6;/h2*1-5,11H,(H,12,13,14);2*3,7H,1-2H3;/p-4. The van der Waals surface area contributed by atoms with Gasteiger partial charge in [-0.25, -0.2) is 9.59 Å². The topological polar surface area (TPSA) is 298 Å². The van der Waals surface area contributed by atoms with Crippen LogP contribution < -0.4 is 20.4 Å². The van der Waals surface area contributed by atoms with Gasteiger partial charge in [-0.3, -0.25) is 19.1 Å². The van der Waals surface area contributed by atoms with Crippen LogP contribution in [-0.4, -0.2) is 59.4 Å². The molecule has 0 amide bonds. The van der Waals surface area contributed by atoms with Gasteiger partial charge in [-0.05, 0) is 64.1 Å². The molecule has 2 aromatic heterocycles. The SMILES string of the molecule is CC1(C)OC(=O)C=C([O-])O1.CC1(C)OC(=O)C=C([O-])O1.O=S(=O)(O)c1ccc([O-])c2ncccc12.O=S(=O)(O)c1ccc([O-])c2ncccc12.[Ti]. The van der Waals surface area contributed by atoms with Crippen molar-refractivity contribution in [2.24, 2.45) is 0 Å². The summed E-state index contributed by atoms with van der Waals surface area (Å²) in [6, 6.07) is 10.1. The number of benzene rings is 2. The monoisotopic (exact) mass is 782 g/mol. The Morgan fingerprint density at radius 2 is 0.922 bits per heavy atom. The van der Waals surface area contributed by atoms with E-state index in [2.05, 4.69) is 28.9 Å². The van der Waals surface area contributed by atoms with Gasteiger partial charge in [0.15, 0.2) is 11.6 Å². The summed E-state index contributed by atoms with van der Waals surface area (Å²) in [7, 11) is -8.65. The molecule has 21 heteroatoms. The molecule has 51 heavy (non-hydrogen) atoms. The summed E-state index contributed by atoms with van der Waals surface area (Å²) >= 11 is 0. The molecular formula is C30H26N2O16S2Ti-4. The molecular weight excluding hydrogens is 756 g/mol. The number of fused-ring (bicyclic) bond motifs is 2. The third-order valence-corrected chi connectivity index (χ3v) is 7.62. The van der Waals surface area contributed by atoms with Gasteiger partial charge in [0.1, 0.15) is 9.79 Å². The number of carbonyl (C=O) groups excluding carboxylic acids is 2. The van der Waals surface area contributed by atoms with Gasteiger partial charge in [0.05, 0.1) is 22.9 Å². The first-order chi connectivity index (χ1) is 23.0. The molecule has 2 aliphatic heterocycles. The minimum atomic E-state index is -4.33. The summed E-state index contributed by atoms with van der Waals surface area (Å²) in [6.07, 6.45) is 4.31. The van der Waals surface area contributed by atoms with Gasteiger partial charge < -0.3 is 39.4 Å². The van der Waals surface area contributed by atoms with E-state index in [0.29, 0.717) is 0 Å². The average molecular weight is 783 g/mol. The van der Waals surface area contributed by atoms with Crippen molar-refractivity contribution in [3.8, 4) is 11.5 Å². The van der Waals surface area contributed by atoms with Gasteiger partial charge in [-0.15, -0.1) is 0 Å². The number of rotatable bonds is 2. The first-order valence-electron chi connectivity index (χ1n) is 13.6. The number of pyridine rings is 2. The van der Waals surface area contributed by atoms with Crippen molar-refractivity contribution in [1.82, 2.24) is 9.97 Å². The van der Waals surface area contributed by atoms with E-state index in [1.807, 2.05) is 0 Å². The predicted octanol–water partition coefficient (Wildman–Crippen LogP) is 0.103. The Labute approximate surface area is 305 Å². The summed E-state index contributed by atoms with van der Waals surface area (Å²) in [5.41, 5.74) is 0.0697. The van der Waals surface area contributed by atoms with Crippen LogP contribution in [0.15, 0.2) is 94.8 Å². The predicted molar refractivity (Wildman–Crippen MR) is 161 cm³/mol. The van der Waals surface area contributed by atoms with Gasteiger partial charge in [0.25, 0.3) is 20.2 Å². The van der Waals surface area contributed by atoms with Crippen molar-refractivity contribution in [2.75, 3.05) is 0 Å². The van der Waals surface area contributed by atoms with Crippen molar-refractivity contribution in [2.45, 2.75) is 49.1 Å². The Hall–Kier alpha value is -4.99. The maximum Gasteiger partial charge on any atom is 0.334 e. The number of esters is 2. The third kappa shape index (κ3) is 12.1. The first-order valence-corrected chi connectivity index (χ1v) is 16.5. The second-order valence-electron chi connectivity index (χ2n) is 10.6. The smallest absolute Gasteiger partial charge is 0.334 e. The van der Waals surface area contributed by atoms with Crippen molar-refractivity contribution in [3.05, 3.63) is 85.0 Å². The molecule has 0 fully saturated rings. The molecule has 6 rings (SSSR count). The van der Waals surface area contributed by atoms with Crippen LogP contribution in [0.1, 0.15) is 27.7 Å². The maximum absolute atomic E-state index is 11.3. The molecule has 0 bridgehead atoms. The van der Waals surface area contributed by atoms with E-state index in [1.165, 1.54) is 64.4 Å². The van der Waals surface area contributed by atoms with E-state index in [0.717, 1.165) is 36.4 Å². The van der Waals surface area contributed by atoms with Crippen molar-refractivity contribution in [3.63, 3.8) is 0 Å². The molecule has 0 saturated heterocycles. The number of hydrogen-bond acceptors (Lipinski definition) is 16. The molecule has 4 aromatic rings. The third-order valence-electron chi connectivity index (χ3n) is 5.80. The van der Waals surface area contributed by atoms with E-state index >= 15 is 0 Å². The fraction of sp³-hybridized carbons (Fsp3) is 0.200. The molecule has 2 aromatic carbocycles. The van der Waals surface area contributed by atoms with Crippen molar-refractivity contribution < 1.29 is 96.6 Å². The zero-order chi connectivity index (χ0) is 37.7. The van der Waals surface area contributed by atoms with E-state index in [9.17, 15) is 46.9 Å². The Kier molecular flexibility index (Phi) is 13.5. The fourth-order valence-corrected chi connectivity index (χ4v) is 5.38. The van der Waals surface area contributed by atoms with Crippen LogP contribution in [0.25, 0.3) is 21.8 Å². The van der Waals surface area contributed by atoms with Crippen LogP contribution >= 0.6 is 0 Å². The Morgan fingerprint density at radius 3 is 1.20 bits per heavy atom. The van der Waals surface area contributed by atoms with Crippen LogP contribution in [0.5, 0.6) is 11.5 Å². The summed E-state index contributed by atoms with van der Waals surface area (Å²) in [4.78, 5) is 28.0. The minimum Gasteiger partial charge on any atom is -0.871 e. The first kappa shape index (κ1) is 42.2. The normalized spacial score (nSPS) is 15.8. The molecule has 4 heterocycles. The average Bonchev–Trinajstić information content (AvgIpc) is 2.95. The quantitative estimate of drug-likeness (QED) is 0.155. The molecule has 0 aliphatic carbocycles. The molecule has 0 spiro atoms. The van der Waals surface area contributed by atoms with Gasteiger partial charge in [-0.1, -0.05) is 23.6 Å². The number of aromatic nitrogens is 2. The van der Waals surface area contributed by atoms with Crippen molar-refractivity contribution >= 4 is 54.0 Å². The fourth-order valence-electron chi connectivity index (χ4n) is 4.01. The van der Waals surface area contributed by atoms with Crippen LogP contribution in [-0.2, 0) is 70.5 Å². The molecule has 0 atom stereocenters. The van der Waals surface area contributed by atoms with Crippen LogP contribution in [0.4, 0.5) is 0 Å².